The maximum atomic E-state index is 11.6. The molecular formula is C39H58O10. The van der Waals surface area contributed by atoms with Gasteiger partial charge in [0.25, 0.3) is 6.47 Å². The topological polar surface area (TPSA) is 164 Å². The first-order chi connectivity index (χ1) is 23.7. The molecule has 0 saturated carbocycles. The van der Waals surface area contributed by atoms with Crippen LogP contribution in [0.4, 0.5) is 0 Å². The van der Waals surface area contributed by atoms with Gasteiger partial charge in [-0.15, -0.1) is 0 Å². The van der Waals surface area contributed by atoms with Crippen LogP contribution >= 0.6 is 0 Å². The highest BCUT2D eigenvalue weighted by molar-refractivity contribution is 5.69. The van der Waals surface area contributed by atoms with Crippen LogP contribution < -0.4 is 0 Å². The molecule has 3 N–H and O–H groups in total. The van der Waals surface area contributed by atoms with E-state index in [0.29, 0.717) is 26.1 Å². The number of carbonyl (C=O) groups excluding carboxylic acids is 2. The van der Waals surface area contributed by atoms with E-state index in [9.17, 15) is 24.0 Å². The fourth-order valence-electron chi connectivity index (χ4n) is 4.73. The molecule has 274 valence electrons. The van der Waals surface area contributed by atoms with E-state index in [4.69, 9.17) is 20.1 Å². The molecule has 49 heavy (non-hydrogen) atoms. The summed E-state index contributed by atoms with van der Waals surface area (Å²) in [4.78, 5) is 52.1. The average molecular weight is 687 g/mol. The summed E-state index contributed by atoms with van der Waals surface area (Å²) in [7, 11) is 0. The Morgan fingerprint density at radius 3 is 1.08 bits per heavy atom. The van der Waals surface area contributed by atoms with Gasteiger partial charge in [0.05, 0.1) is 0 Å². The van der Waals surface area contributed by atoms with Gasteiger partial charge in [-0.25, -0.2) is 0 Å². The van der Waals surface area contributed by atoms with Crippen molar-refractivity contribution in [1.82, 2.24) is 0 Å². The fraction of sp³-hybridized carbons (Fsp3) is 0.564. The zero-order chi connectivity index (χ0) is 36.2. The molecule has 0 saturated heterocycles. The van der Waals surface area contributed by atoms with Crippen LogP contribution in [0.5, 0.6) is 0 Å². The number of carboxylic acid groups (broad SMARTS) is 3. The number of hydrogen-bond donors (Lipinski definition) is 3. The van der Waals surface area contributed by atoms with E-state index >= 15 is 0 Å². The van der Waals surface area contributed by atoms with Gasteiger partial charge in [-0.05, 0) is 36.8 Å². The molecule has 0 bridgehead atoms. The molecule has 2 rings (SSSR count). The Balaban J connectivity index is 0.000000766. The summed E-state index contributed by atoms with van der Waals surface area (Å²) in [6.07, 6.45) is 17.5. The maximum Gasteiger partial charge on any atom is 0.306 e. The SMILES string of the molecule is O=C(O)CCCCCCCCCCC(=O)O.O=C(O)CCCCCCCCCCC(=O)OCc1ccccc1.O=COCc1ccccc1. The Hall–Kier alpha value is -4.21. The second kappa shape index (κ2) is 33.7. The number of ether oxygens (including phenoxy) is 2. The van der Waals surface area contributed by atoms with Gasteiger partial charge in [-0.1, -0.05) is 138 Å². The molecule has 0 aliphatic heterocycles. The zero-order valence-corrected chi connectivity index (χ0v) is 29.1. The molecule has 0 heterocycles. The van der Waals surface area contributed by atoms with E-state index in [-0.39, 0.29) is 25.2 Å². The van der Waals surface area contributed by atoms with Crippen molar-refractivity contribution in [2.45, 2.75) is 142 Å². The first-order valence-corrected chi connectivity index (χ1v) is 17.7. The molecule has 0 aliphatic carbocycles. The quantitative estimate of drug-likeness (QED) is 0.0469. The highest BCUT2D eigenvalue weighted by atomic mass is 16.5. The largest absolute Gasteiger partial charge is 0.481 e. The first-order valence-electron chi connectivity index (χ1n) is 17.7. The van der Waals surface area contributed by atoms with Crippen molar-refractivity contribution in [3.8, 4) is 0 Å². The number of carboxylic acids is 3. The van der Waals surface area contributed by atoms with Crippen LogP contribution in [0.25, 0.3) is 0 Å². The van der Waals surface area contributed by atoms with E-state index in [2.05, 4.69) is 4.74 Å². The molecule has 2 aromatic carbocycles. The standard InChI is InChI=1S/C19H28O4.C12H22O4.C8H8O2/c20-18(21)14-10-5-3-1-2-4-6-11-15-19(22)23-16-17-12-8-7-9-13-17;13-11(14)9-7-5-3-1-2-4-6-8-10-12(15)16;9-7-10-6-8-4-2-1-3-5-8/h7-9,12-13H,1-6,10-11,14-16H2,(H,20,21);1-10H2,(H,13,14)(H,15,16);1-5,7H,6H2. The second-order valence-electron chi connectivity index (χ2n) is 11.9. The maximum absolute atomic E-state index is 11.6. The Morgan fingerprint density at radius 2 is 0.755 bits per heavy atom. The fourth-order valence-corrected chi connectivity index (χ4v) is 4.73. The molecule has 0 fully saturated rings. The lowest BCUT2D eigenvalue weighted by atomic mass is 10.1. The molecule has 0 radical (unpaired) electrons. The van der Waals surface area contributed by atoms with Crippen LogP contribution in [0.2, 0.25) is 0 Å². The molecule has 0 amide bonds. The van der Waals surface area contributed by atoms with Crippen LogP contribution in [-0.4, -0.2) is 45.7 Å². The minimum atomic E-state index is -0.714. The van der Waals surface area contributed by atoms with Gasteiger partial charge < -0.3 is 24.8 Å². The Labute approximate surface area is 292 Å². The minimum absolute atomic E-state index is 0.123. The minimum Gasteiger partial charge on any atom is -0.481 e. The first kappa shape index (κ1) is 44.8. The molecule has 10 heteroatoms. The zero-order valence-electron chi connectivity index (χ0n) is 29.1. The summed E-state index contributed by atoms with van der Waals surface area (Å²) in [5.74, 6) is -2.26. The van der Waals surface area contributed by atoms with Crippen molar-refractivity contribution in [2.24, 2.45) is 0 Å². The molecule has 0 atom stereocenters. The van der Waals surface area contributed by atoms with Crippen molar-refractivity contribution in [2.75, 3.05) is 0 Å². The van der Waals surface area contributed by atoms with Gasteiger partial charge in [0.2, 0.25) is 0 Å². The molecule has 0 aliphatic rings. The Bertz CT molecular complexity index is 1080. The number of unbranched alkanes of at least 4 members (excludes halogenated alkanes) is 14. The summed E-state index contributed by atoms with van der Waals surface area (Å²) in [6.45, 7) is 1.17. The lowest BCUT2D eigenvalue weighted by Gasteiger charge is -2.05. The van der Waals surface area contributed by atoms with E-state index in [1.54, 1.807) is 0 Å². The molecule has 2 aromatic rings. The summed E-state index contributed by atoms with van der Waals surface area (Å²) < 4.78 is 9.77. The molecule has 0 spiro atoms. The van der Waals surface area contributed by atoms with Crippen LogP contribution in [0.15, 0.2) is 60.7 Å². The second-order valence-corrected chi connectivity index (χ2v) is 11.9. The van der Waals surface area contributed by atoms with Gasteiger partial charge in [0.15, 0.2) is 0 Å². The molecule has 0 aromatic heterocycles. The third-order valence-corrected chi connectivity index (χ3v) is 7.46. The van der Waals surface area contributed by atoms with Gasteiger partial charge in [-0.2, -0.15) is 0 Å². The lowest BCUT2D eigenvalue weighted by Crippen LogP contribution is -2.04. The normalized spacial score (nSPS) is 10.0. The smallest absolute Gasteiger partial charge is 0.306 e. The van der Waals surface area contributed by atoms with Crippen molar-refractivity contribution in [3.63, 3.8) is 0 Å². The third-order valence-electron chi connectivity index (χ3n) is 7.46. The number of benzene rings is 2. The molecule has 0 unspecified atom stereocenters. The monoisotopic (exact) mass is 686 g/mol. The number of esters is 1. The predicted octanol–water partition coefficient (Wildman–Crippen LogP) is 9.13. The average Bonchev–Trinajstić information content (AvgIpc) is 3.09. The molecular weight excluding hydrogens is 628 g/mol. The lowest BCUT2D eigenvalue weighted by molar-refractivity contribution is -0.145. The summed E-state index contributed by atoms with van der Waals surface area (Å²) in [5.41, 5.74) is 2.03. The van der Waals surface area contributed by atoms with E-state index in [1.807, 2.05) is 60.7 Å². The summed E-state index contributed by atoms with van der Waals surface area (Å²) in [5, 5.41) is 25.3. The van der Waals surface area contributed by atoms with Crippen molar-refractivity contribution in [3.05, 3.63) is 71.8 Å². The number of rotatable bonds is 27. The Kier molecular flexibility index (Phi) is 30.8. The van der Waals surface area contributed by atoms with Crippen LogP contribution in [0, 0.1) is 0 Å². The van der Waals surface area contributed by atoms with Crippen molar-refractivity contribution in [1.29, 1.82) is 0 Å². The van der Waals surface area contributed by atoms with Gasteiger partial charge in [0.1, 0.15) is 13.2 Å². The van der Waals surface area contributed by atoms with Gasteiger partial charge >= 0.3 is 23.9 Å². The molecule has 10 nitrogen and oxygen atoms in total. The number of aliphatic carboxylic acids is 3. The van der Waals surface area contributed by atoms with Crippen molar-refractivity contribution < 1.29 is 48.8 Å². The highest BCUT2D eigenvalue weighted by Gasteiger charge is 2.03. The van der Waals surface area contributed by atoms with E-state index < -0.39 is 17.9 Å². The van der Waals surface area contributed by atoms with E-state index in [0.717, 1.165) is 114 Å². The van der Waals surface area contributed by atoms with Crippen LogP contribution in [0.3, 0.4) is 0 Å². The van der Waals surface area contributed by atoms with Crippen molar-refractivity contribution >= 4 is 30.3 Å². The summed E-state index contributed by atoms with van der Waals surface area (Å²) in [6, 6.07) is 19.3. The van der Waals surface area contributed by atoms with Crippen LogP contribution in [0.1, 0.15) is 140 Å². The third kappa shape index (κ3) is 34.9. The van der Waals surface area contributed by atoms with Crippen LogP contribution in [-0.2, 0) is 46.7 Å². The van der Waals surface area contributed by atoms with Gasteiger partial charge in [-0.3, -0.25) is 24.0 Å². The Morgan fingerprint density at radius 1 is 0.449 bits per heavy atom. The predicted molar refractivity (Wildman–Crippen MR) is 189 cm³/mol. The van der Waals surface area contributed by atoms with E-state index in [1.165, 1.54) is 0 Å². The number of hydrogen-bond acceptors (Lipinski definition) is 7. The summed E-state index contributed by atoms with van der Waals surface area (Å²) >= 11 is 0. The highest BCUT2D eigenvalue weighted by Crippen LogP contribution is 2.12. The number of carbonyl (C=O) groups is 5. The van der Waals surface area contributed by atoms with Gasteiger partial charge in [0, 0.05) is 25.7 Å².